The molecule has 0 aromatic heterocycles. The van der Waals surface area contributed by atoms with Crippen LogP contribution in [0.4, 0.5) is 0 Å². The van der Waals surface area contributed by atoms with Crippen molar-refractivity contribution in [1.82, 2.24) is 0 Å². The number of unbranched alkanes of at least 4 members (excludes halogenated alkanes) is 4. The Hall–Kier alpha value is -1.92. The van der Waals surface area contributed by atoms with Crippen molar-refractivity contribution in [2.24, 2.45) is 0 Å². The molecule has 0 heterocycles. The maximum atomic E-state index is 3.22. The molecule has 0 unspecified atom stereocenters. The van der Waals surface area contributed by atoms with E-state index in [2.05, 4.69) is 49.7 Å². The van der Waals surface area contributed by atoms with Crippen molar-refractivity contribution in [3.63, 3.8) is 0 Å². The van der Waals surface area contributed by atoms with Crippen LogP contribution in [-0.2, 0) is 0 Å². The average molecular weight is 264 g/mol. The fraction of sp³-hybridized carbons (Fsp3) is 0.400. The van der Waals surface area contributed by atoms with Crippen molar-refractivity contribution in [2.45, 2.75) is 52.4 Å². The van der Waals surface area contributed by atoms with Crippen LogP contribution in [0.15, 0.2) is 47.6 Å². The summed E-state index contributed by atoms with van der Waals surface area (Å²) in [5, 5.41) is 0. The van der Waals surface area contributed by atoms with Gasteiger partial charge in [0.25, 0.3) is 0 Å². The standard InChI is InChI=1S/C20H24/c1-3-5-7-9-13-19-15-11-12-16-20(18-17-19)14-10-8-6-4-2/h11-12,15-18H,3-8H2,1-2H3/b12-11?,15-11-,16-12-,18-17?,19-15?,19-17-,20-16?,20-18-. The van der Waals surface area contributed by atoms with Crippen molar-refractivity contribution in [1.29, 1.82) is 0 Å². The molecule has 20 heavy (non-hydrogen) atoms. The molecule has 0 nitrogen and oxygen atoms in total. The van der Waals surface area contributed by atoms with E-state index in [0.29, 0.717) is 0 Å². The Labute approximate surface area is 124 Å². The van der Waals surface area contributed by atoms with Crippen molar-refractivity contribution in [2.75, 3.05) is 0 Å². The highest BCUT2D eigenvalue weighted by Crippen LogP contribution is 2.06. The lowest BCUT2D eigenvalue weighted by molar-refractivity contribution is 0.828. The van der Waals surface area contributed by atoms with Crippen LogP contribution in [0.25, 0.3) is 0 Å². The summed E-state index contributed by atoms with van der Waals surface area (Å²) in [6.07, 6.45) is 19.0. The fourth-order valence-corrected chi connectivity index (χ4v) is 1.64. The summed E-state index contributed by atoms with van der Waals surface area (Å²) in [7, 11) is 0. The van der Waals surface area contributed by atoms with Crippen LogP contribution >= 0.6 is 0 Å². The maximum absolute atomic E-state index is 3.22. The smallest absolute Gasteiger partial charge is 0.0245 e. The Morgan fingerprint density at radius 1 is 0.750 bits per heavy atom. The van der Waals surface area contributed by atoms with Crippen molar-refractivity contribution in [3.8, 4) is 23.7 Å². The summed E-state index contributed by atoms with van der Waals surface area (Å²) in [5.41, 5.74) is 2.11. The normalized spacial score (nSPS) is 21.5. The highest BCUT2D eigenvalue weighted by Gasteiger charge is 1.90. The van der Waals surface area contributed by atoms with Crippen LogP contribution in [0, 0.1) is 23.7 Å². The zero-order chi connectivity index (χ0) is 14.5. The highest BCUT2D eigenvalue weighted by atomic mass is 13.9. The van der Waals surface area contributed by atoms with Crippen molar-refractivity contribution >= 4 is 0 Å². The third-order valence-electron chi connectivity index (χ3n) is 2.88. The van der Waals surface area contributed by atoms with Gasteiger partial charge in [-0.1, -0.05) is 62.5 Å². The summed E-state index contributed by atoms with van der Waals surface area (Å²) in [4.78, 5) is 0. The largest absolute Gasteiger partial charge is 0.0979 e. The zero-order valence-corrected chi connectivity index (χ0v) is 12.7. The third-order valence-corrected chi connectivity index (χ3v) is 2.88. The van der Waals surface area contributed by atoms with Gasteiger partial charge in [-0.3, -0.25) is 0 Å². The minimum atomic E-state index is 0.977. The van der Waals surface area contributed by atoms with Gasteiger partial charge in [-0.05, 0) is 37.1 Å². The molecule has 0 saturated carbocycles. The number of hydrogen-bond donors (Lipinski definition) is 0. The van der Waals surface area contributed by atoms with E-state index >= 15 is 0 Å². The van der Waals surface area contributed by atoms with E-state index in [1.54, 1.807) is 0 Å². The summed E-state index contributed by atoms with van der Waals surface area (Å²) in [6.45, 7) is 4.38. The van der Waals surface area contributed by atoms with Crippen LogP contribution < -0.4 is 0 Å². The average Bonchev–Trinajstić information content (AvgIpc) is 2.44. The van der Waals surface area contributed by atoms with Crippen LogP contribution in [-0.4, -0.2) is 0 Å². The second-order valence-corrected chi connectivity index (χ2v) is 4.77. The molecule has 1 rings (SSSR count). The molecule has 0 heteroatoms. The molecule has 0 bridgehead atoms. The van der Waals surface area contributed by atoms with Gasteiger partial charge in [-0.2, -0.15) is 0 Å². The predicted molar refractivity (Wildman–Crippen MR) is 89.0 cm³/mol. The van der Waals surface area contributed by atoms with Gasteiger partial charge in [-0.15, -0.1) is 0 Å². The molecule has 0 radical (unpaired) electrons. The molecule has 0 atom stereocenters. The summed E-state index contributed by atoms with van der Waals surface area (Å²) in [6, 6.07) is 0. The summed E-state index contributed by atoms with van der Waals surface area (Å²) >= 11 is 0. The monoisotopic (exact) mass is 264 g/mol. The minimum Gasteiger partial charge on any atom is -0.0979 e. The molecule has 0 fully saturated rings. The van der Waals surface area contributed by atoms with Crippen molar-refractivity contribution < 1.29 is 0 Å². The van der Waals surface area contributed by atoms with Gasteiger partial charge in [0.1, 0.15) is 0 Å². The molecule has 0 saturated heterocycles. The molecular formula is C20H24. The Morgan fingerprint density at radius 3 is 1.60 bits per heavy atom. The lowest BCUT2D eigenvalue weighted by Crippen LogP contribution is -1.79. The first-order chi connectivity index (χ1) is 9.86. The molecule has 104 valence electrons. The SMILES string of the molecule is CCCCC#CC1=C/C=C(C#CCCCC)\C=C/C=C\1. The van der Waals surface area contributed by atoms with Gasteiger partial charge in [0, 0.05) is 24.0 Å². The summed E-state index contributed by atoms with van der Waals surface area (Å²) in [5.74, 6) is 12.9. The lowest BCUT2D eigenvalue weighted by atomic mass is 10.1. The van der Waals surface area contributed by atoms with Crippen molar-refractivity contribution in [3.05, 3.63) is 47.6 Å². The number of rotatable bonds is 4. The van der Waals surface area contributed by atoms with Gasteiger partial charge in [-0.25, -0.2) is 0 Å². The third kappa shape index (κ3) is 7.50. The van der Waals surface area contributed by atoms with Crippen LogP contribution in [0.5, 0.6) is 0 Å². The predicted octanol–water partition coefficient (Wildman–Crippen LogP) is 5.35. The first-order valence-corrected chi connectivity index (χ1v) is 7.61. The molecule has 0 aliphatic heterocycles. The molecule has 1 aliphatic carbocycles. The molecule has 0 aromatic carbocycles. The molecule has 0 amide bonds. The van der Waals surface area contributed by atoms with E-state index in [0.717, 1.165) is 24.0 Å². The second-order valence-electron chi connectivity index (χ2n) is 4.77. The van der Waals surface area contributed by atoms with E-state index in [1.165, 1.54) is 25.7 Å². The van der Waals surface area contributed by atoms with Crippen LogP contribution in [0.2, 0.25) is 0 Å². The first kappa shape index (κ1) is 16.1. The minimum absolute atomic E-state index is 0.977. The molecular weight excluding hydrogens is 240 g/mol. The fourth-order valence-electron chi connectivity index (χ4n) is 1.64. The van der Waals surface area contributed by atoms with Gasteiger partial charge < -0.3 is 0 Å². The van der Waals surface area contributed by atoms with E-state index in [9.17, 15) is 0 Å². The number of hydrogen-bond acceptors (Lipinski definition) is 0. The highest BCUT2D eigenvalue weighted by molar-refractivity contribution is 5.49. The Balaban J connectivity index is 2.68. The van der Waals surface area contributed by atoms with Gasteiger partial charge in [0.2, 0.25) is 0 Å². The molecule has 0 aromatic rings. The van der Waals surface area contributed by atoms with E-state index in [-0.39, 0.29) is 0 Å². The molecule has 0 N–H and O–H groups in total. The Bertz CT molecular complexity index is 466. The summed E-state index contributed by atoms with van der Waals surface area (Å²) < 4.78 is 0. The topological polar surface area (TPSA) is 0 Å². The van der Waals surface area contributed by atoms with Gasteiger partial charge in [0.05, 0.1) is 0 Å². The Morgan fingerprint density at radius 2 is 1.20 bits per heavy atom. The lowest BCUT2D eigenvalue weighted by Gasteiger charge is -1.94. The van der Waals surface area contributed by atoms with Crippen LogP contribution in [0.1, 0.15) is 52.4 Å². The second kappa shape index (κ2) is 11.0. The van der Waals surface area contributed by atoms with Gasteiger partial charge in [0.15, 0.2) is 0 Å². The van der Waals surface area contributed by atoms with E-state index in [1.807, 2.05) is 24.3 Å². The van der Waals surface area contributed by atoms with Crippen LogP contribution in [0.3, 0.4) is 0 Å². The quantitative estimate of drug-likeness (QED) is 0.474. The molecule has 1 aliphatic rings. The molecule has 0 spiro atoms. The van der Waals surface area contributed by atoms with E-state index < -0.39 is 0 Å². The van der Waals surface area contributed by atoms with E-state index in [4.69, 9.17) is 0 Å². The number of allylic oxidation sites excluding steroid dienone is 8. The zero-order valence-electron chi connectivity index (χ0n) is 12.7. The van der Waals surface area contributed by atoms with Gasteiger partial charge >= 0.3 is 0 Å². The Kier molecular flexibility index (Phi) is 8.84. The first-order valence-electron chi connectivity index (χ1n) is 7.61. The maximum Gasteiger partial charge on any atom is 0.0245 e.